The molecule has 2 N–H and O–H groups in total. The molecule has 102 valence electrons. The molecule has 0 fully saturated rings. The van der Waals surface area contributed by atoms with Crippen LogP contribution in [0.1, 0.15) is 17.5 Å². The van der Waals surface area contributed by atoms with Gasteiger partial charge in [0.05, 0.1) is 12.8 Å². The molecule has 1 aliphatic rings. The normalized spacial score (nSPS) is 21.8. The number of esters is 1. The first-order valence-corrected chi connectivity index (χ1v) is 5.82. The standard InChI is InChI=1S/C13H15FN2O3/c1-8-5-9(3-4-10(8)14)11-6-13(7-15,19-16-11)12(17)18-2/h3-5H,6-7,15H2,1-2H3. The third kappa shape index (κ3) is 2.31. The molecule has 0 aliphatic carbocycles. The van der Waals surface area contributed by atoms with Crippen LogP contribution in [0.25, 0.3) is 0 Å². The summed E-state index contributed by atoms with van der Waals surface area (Å²) in [5.41, 5.74) is 6.07. The molecule has 0 spiro atoms. The van der Waals surface area contributed by atoms with Gasteiger partial charge in [0.25, 0.3) is 5.60 Å². The number of hydrogen-bond donors (Lipinski definition) is 1. The van der Waals surface area contributed by atoms with Gasteiger partial charge in [0.15, 0.2) is 0 Å². The number of nitrogens with two attached hydrogens (primary N) is 1. The monoisotopic (exact) mass is 266 g/mol. The van der Waals surface area contributed by atoms with Gasteiger partial charge in [0, 0.05) is 13.0 Å². The highest BCUT2D eigenvalue weighted by molar-refractivity contribution is 6.04. The second-order valence-electron chi connectivity index (χ2n) is 4.46. The summed E-state index contributed by atoms with van der Waals surface area (Å²) in [5.74, 6) is -0.853. The van der Waals surface area contributed by atoms with Crippen LogP contribution in [-0.2, 0) is 14.4 Å². The number of rotatable bonds is 3. The molecule has 0 amide bonds. The maximum Gasteiger partial charge on any atom is 0.354 e. The molecule has 0 saturated carbocycles. The molecular formula is C13H15FN2O3. The molecule has 1 aromatic rings. The zero-order valence-corrected chi connectivity index (χ0v) is 10.8. The van der Waals surface area contributed by atoms with Crippen molar-refractivity contribution < 1.29 is 18.8 Å². The highest BCUT2D eigenvalue weighted by atomic mass is 19.1. The van der Waals surface area contributed by atoms with Gasteiger partial charge in [-0.25, -0.2) is 9.18 Å². The van der Waals surface area contributed by atoms with E-state index in [1.54, 1.807) is 19.1 Å². The third-order valence-corrected chi connectivity index (χ3v) is 3.16. The highest BCUT2D eigenvalue weighted by Crippen LogP contribution is 2.28. The van der Waals surface area contributed by atoms with Gasteiger partial charge in [-0.05, 0) is 30.2 Å². The minimum atomic E-state index is -1.27. The Kier molecular flexibility index (Phi) is 3.53. The third-order valence-electron chi connectivity index (χ3n) is 3.16. The zero-order valence-electron chi connectivity index (χ0n) is 10.8. The van der Waals surface area contributed by atoms with Crippen LogP contribution in [0.3, 0.4) is 0 Å². The quantitative estimate of drug-likeness (QED) is 0.832. The van der Waals surface area contributed by atoms with Crippen LogP contribution in [0.5, 0.6) is 0 Å². The van der Waals surface area contributed by atoms with Crippen molar-refractivity contribution in [3.8, 4) is 0 Å². The molecule has 0 aromatic heterocycles. The average molecular weight is 266 g/mol. The first-order chi connectivity index (χ1) is 9.02. The van der Waals surface area contributed by atoms with Crippen LogP contribution in [0.4, 0.5) is 4.39 Å². The largest absolute Gasteiger partial charge is 0.466 e. The van der Waals surface area contributed by atoms with Crippen LogP contribution in [0.2, 0.25) is 0 Å². The molecule has 1 aromatic carbocycles. The number of halogens is 1. The Hall–Kier alpha value is -1.95. The van der Waals surface area contributed by atoms with Gasteiger partial charge >= 0.3 is 5.97 Å². The minimum absolute atomic E-state index is 0.0349. The van der Waals surface area contributed by atoms with Crippen molar-refractivity contribution in [2.24, 2.45) is 10.9 Å². The van der Waals surface area contributed by atoms with E-state index in [9.17, 15) is 9.18 Å². The van der Waals surface area contributed by atoms with Gasteiger partial charge < -0.3 is 15.3 Å². The van der Waals surface area contributed by atoms with Crippen molar-refractivity contribution in [3.05, 3.63) is 35.1 Å². The summed E-state index contributed by atoms with van der Waals surface area (Å²) in [4.78, 5) is 16.9. The SMILES string of the molecule is COC(=O)C1(CN)CC(c2ccc(F)c(C)c2)=NO1. The topological polar surface area (TPSA) is 73.9 Å². The smallest absolute Gasteiger partial charge is 0.354 e. The van der Waals surface area contributed by atoms with Gasteiger partial charge in [-0.3, -0.25) is 0 Å². The van der Waals surface area contributed by atoms with Crippen LogP contribution >= 0.6 is 0 Å². The molecule has 1 atom stereocenters. The molecule has 6 heteroatoms. The summed E-state index contributed by atoms with van der Waals surface area (Å²) in [7, 11) is 1.27. The maximum atomic E-state index is 13.2. The van der Waals surface area contributed by atoms with E-state index >= 15 is 0 Å². The Labute approximate surface area is 110 Å². The first kappa shape index (κ1) is 13.5. The average Bonchev–Trinajstić information content (AvgIpc) is 2.86. The molecule has 1 aliphatic heterocycles. The van der Waals surface area contributed by atoms with Crippen LogP contribution in [0, 0.1) is 12.7 Å². The van der Waals surface area contributed by atoms with E-state index in [4.69, 9.17) is 10.6 Å². The van der Waals surface area contributed by atoms with Gasteiger partial charge in [0.1, 0.15) is 5.82 Å². The minimum Gasteiger partial charge on any atom is -0.466 e. The lowest BCUT2D eigenvalue weighted by atomic mass is 9.93. The summed E-state index contributed by atoms with van der Waals surface area (Å²) < 4.78 is 17.9. The summed E-state index contributed by atoms with van der Waals surface area (Å²) in [5, 5.41) is 3.88. The Morgan fingerprint density at radius 2 is 2.37 bits per heavy atom. The predicted octanol–water partition coefficient (Wildman–Crippen LogP) is 1.13. The molecule has 0 radical (unpaired) electrons. The molecule has 0 bridgehead atoms. The maximum absolute atomic E-state index is 13.2. The molecule has 0 saturated heterocycles. The summed E-state index contributed by atoms with van der Waals surface area (Å²) in [6, 6.07) is 4.60. The zero-order chi connectivity index (χ0) is 14.0. The Bertz CT molecular complexity index is 545. The number of oxime groups is 1. The van der Waals surface area contributed by atoms with Crippen molar-refractivity contribution >= 4 is 11.7 Å². The highest BCUT2D eigenvalue weighted by Gasteiger charge is 2.47. The van der Waals surface area contributed by atoms with Crippen molar-refractivity contribution in [3.63, 3.8) is 0 Å². The lowest BCUT2D eigenvalue weighted by Gasteiger charge is -2.21. The summed E-state index contributed by atoms with van der Waals surface area (Å²) in [6.07, 6.45) is 0.210. The van der Waals surface area contributed by atoms with Gasteiger partial charge in [0.2, 0.25) is 0 Å². The van der Waals surface area contributed by atoms with Crippen molar-refractivity contribution in [2.45, 2.75) is 18.9 Å². The summed E-state index contributed by atoms with van der Waals surface area (Å²) >= 11 is 0. The molecule has 19 heavy (non-hydrogen) atoms. The van der Waals surface area contributed by atoms with Gasteiger partial charge in [-0.2, -0.15) is 0 Å². The number of aryl methyl sites for hydroxylation is 1. The number of methoxy groups -OCH3 is 1. The van der Waals surface area contributed by atoms with E-state index in [1.807, 2.05) is 0 Å². The molecule has 1 heterocycles. The van der Waals surface area contributed by atoms with E-state index in [-0.39, 0.29) is 18.8 Å². The number of hydrogen-bond acceptors (Lipinski definition) is 5. The second-order valence-corrected chi connectivity index (χ2v) is 4.46. The fraction of sp³-hybridized carbons (Fsp3) is 0.385. The molecular weight excluding hydrogens is 251 g/mol. The lowest BCUT2D eigenvalue weighted by Crippen LogP contribution is -2.46. The van der Waals surface area contributed by atoms with E-state index in [0.29, 0.717) is 16.8 Å². The Morgan fingerprint density at radius 1 is 1.63 bits per heavy atom. The number of carbonyl (C=O) groups is 1. The van der Waals surface area contributed by atoms with Gasteiger partial charge in [-0.1, -0.05) is 11.2 Å². The predicted molar refractivity (Wildman–Crippen MR) is 67.2 cm³/mol. The molecule has 1 unspecified atom stereocenters. The van der Waals surface area contributed by atoms with Crippen molar-refractivity contribution in [1.82, 2.24) is 0 Å². The first-order valence-electron chi connectivity index (χ1n) is 5.82. The molecule has 5 nitrogen and oxygen atoms in total. The van der Waals surface area contributed by atoms with Crippen molar-refractivity contribution in [2.75, 3.05) is 13.7 Å². The molecule has 2 rings (SSSR count). The van der Waals surface area contributed by atoms with E-state index < -0.39 is 11.6 Å². The van der Waals surface area contributed by atoms with E-state index in [2.05, 4.69) is 9.89 Å². The van der Waals surface area contributed by atoms with E-state index in [1.165, 1.54) is 13.2 Å². The second kappa shape index (κ2) is 4.97. The van der Waals surface area contributed by atoms with Gasteiger partial charge in [-0.15, -0.1) is 0 Å². The fourth-order valence-corrected chi connectivity index (χ4v) is 1.94. The van der Waals surface area contributed by atoms with Crippen LogP contribution in [-0.4, -0.2) is 30.9 Å². The fourth-order valence-electron chi connectivity index (χ4n) is 1.94. The Morgan fingerprint density at radius 3 is 2.95 bits per heavy atom. The van der Waals surface area contributed by atoms with Crippen LogP contribution < -0.4 is 5.73 Å². The number of nitrogens with zero attached hydrogens (tertiary/aromatic N) is 1. The lowest BCUT2D eigenvalue weighted by molar-refractivity contribution is -0.165. The number of ether oxygens (including phenoxy) is 1. The number of carbonyl (C=O) groups excluding carboxylic acids is 1. The summed E-state index contributed by atoms with van der Waals surface area (Å²) in [6.45, 7) is 1.62. The van der Waals surface area contributed by atoms with Crippen LogP contribution in [0.15, 0.2) is 23.4 Å². The number of benzene rings is 1. The van der Waals surface area contributed by atoms with E-state index in [0.717, 1.165) is 0 Å². The Balaban J connectivity index is 2.25. The van der Waals surface area contributed by atoms with Crippen molar-refractivity contribution in [1.29, 1.82) is 0 Å².